The van der Waals surface area contributed by atoms with E-state index in [-0.39, 0.29) is 5.78 Å². The van der Waals surface area contributed by atoms with Crippen molar-refractivity contribution < 1.29 is 9.53 Å². The third-order valence-corrected chi connectivity index (χ3v) is 5.60. The Hall–Kier alpha value is -4.17. The highest BCUT2D eigenvalue weighted by Gasteiger charge is 2.10. The minimum atomic E-state index is -0.0779. The SMILES string of the molecule is O=C(/C=C/c1cc2ccccc2c2ccccc12)c1ccccc1OCc1ccccc1. The third-order valence-electron chi connectivity index (χ3n) is 5.60. The quantitative estimate of drug-likeness (QED) is 0.164. The summed E-state index contributed by atoms with van der Waals surface area (Å²) in [5.74, 6) is 0.514. The van der Waals surface area contributed by atoms with E-state index < -0.39 is 0 Å². The molecule has 0 saturated heterocycles. The number of carbonyl (C=O) groups excluding carboxylic acids is 1. The number of hydrogen-bond acceptors (Lipinski definition) is 2. The number of hydrogen-bond donors (Lipinski definition) is 0. The van der Waals surface area contributed by atoms with Crippen molar-refractivity contribution >= 4 is 33.4 Å². The van der Waals surface area contributed by atoms with Crippen molar-refractivity contribution in [1.29, 1.82) is 0 Å². The lowest BCUT2D eigenvalue weighted by Crippen LogP contribution is -2.02. The molecule has 0 bridgehead atoms. The molecule has 0 fully saturated rings. The van der Waals surface area contributed by atoms with Crippen molar-refractivity contribution in [3.63, 3.8) is 0 Å². The lowest BCUT2D eigenvalue weighted by Gasteiger charge is -2.10. The number of ether oxygens (including phenoxy) is 1. The van der Waals surface area contributed by atoms with E-state index >= 15 is 0 Å². The smallest absolute Gasteiger partial charge is 0.189 e. The number of ketones is 1. The number of carbonyl (C=O) groups is 1. The molecule has 0 radical (unpaired) electrons. The van der Waals surface area contributed by atoms with Gasteiger partial charge in [-0.3, -0.25) is 4.79 Å². The molecule has 32 heavy (non-hydrogen) atoms. The Morgan fingerprint density at radius 2 is 1.34 bits per heavy atom. The number of rotatable bonds is 6. The second-order valence-corrected chi connectivity index (χ2v) is 7.70. The van der Waals surface area contributed by atoms with Crippen LogP contribution in [0.3, 0.4) is 0 Å². The van der Waals surface area contributed by atoms with Gasteiger partial charge < -0.3 is 4.74 Å². The zero-order valence-electron chi connectivity index (χ0n) is 17.6. The molecule has 2 heteroatoms. The van der Waals surface area contributed by atoms with Gasteiger partial charge in [-0.2, -0.15) is 0 Å². The summed E-state index contributed by atoms with van der Waals surface area (Å²) in [7, 11) is 0. The topological polar surface area (TPSA) is 26.3 Å². The zero-order valence-corrected chi connectivity index (χ0v) is 17.6. The van der Waals surface area contributed by atoms with Gasteiger partial charge in [-0.15, -0.1) is 0 Å². The first-order valence-electron chi connectivity index (χ1n) is 10.7. The fraction of sp³-hybridized carbons (Fsp3) is 0.0333. The average Bonchev–Trinajstić information content (AvgIpc) is 2.86. The molecule has 5 aromatic carbocycles. The van der Waals surface area contributed by atoms with Crippen LogP contribution in [-0.2, 0) is 6.61 Å². The first kappa shape index (κ1) is 19.8. The largest absolute Gasteiger partial charge is 0.488 e. The third kappa shape index (κ3) is 4.03. The summed E-state index contributed by atoms with van der Waals surface area (Å²) in [5.41, 5.74) is 2.65. The van der Waals surface area contributed by atoms with E-state index in [2.05, 4.69) is 36.4 Å². The van der Waals surface area contributed by atoms with Crippen molar-refractivity contribution in [2.45, 2.75) is 6.61 Å². The molecule has 0 heterocycles. The summed E-state index contributed by atoms with van der Waals surface area (Å²) in [4.78, 5) is 13.1. The fourth-order valence-corrected chi connectivity index (χ4v) is 4.01. The molecule has 154 valence electrons. The molecule has 5 rings (SSSR count). The maximum atomic E-state index is 13.1. The Labute approximate surface area is 187 Å². The zero-order chi connectivity index (χ0) is 21.8. The summed E-state index contributed by atoms with van der Waals surface area (Å²) in [5, 5.41) is 4.68. The minimum Gasteiger partial charge on any atom is -0.488 e. The van der Waals surface area contributed by atoms with E-state index in [0.717, 1.165) is 21.9 Å². The molecule has 0 spiro atoms. The van der Waals surface area contributed by atoms with Gasteiger partial charge >= 0.3 is 0 Å². The van der Waals surface area contributed by atoms with E-state index in [1.807, 2.05) is 78.9 Å². The second-order valence-electron chi connectivity index (χ2n) is 7.70. The van der Waals surface area contributed by atoms with Gasteiger partial charge in [-0.25, -0.2) is 0 Å². The fourth-order valence-electron chi connectivity index (χ4n) is 4.01. The molecule has 0 aliphatic carbocycles. The first-order chi connectivity index (χ1) is 15.8. The van der Waals surface area contributed by atoms with Crippen LogP contribution in [-0.4, -0.2) is 5.78 Å². The van der Waals surface area contributed by atoms with Crippen LogP contribution in [0.1, 0.15) is 21.5 Å². The Kier molecular flexibility index (Phi) is 5.50. The highest BCUT2D eigenvalue weighted by atomic mass is 16.5. The van der Waals surface area contributed by atoms with Crippen molar-refractivity contribution in [3.8, 4) is 5.75 Å². The molecule has 0 amide bonds. The summed E-state index contributed by atoms with van der Waals surface area (Å²) >= 11 is 0. The molecule has 0 atom stereocenters. The van der Waals surface area contributed by atoms with Crippen LogP contribution in [0.15, 0.2) is 115 Å². The number of allylic oxidation sites excluding steroid dienone is 1. The van der Waals surface area contributed by atoms with Crippen LogP contribution in [0.4, 0.5) is 0 Å². The molecule has 0 N–H and O–H groups in total. The van der Waals surface area contributed by atoms with Gasteiger partial charge in [0, 0.05) is 0 Å². The lowest BCUT2D eigenvalue weighted by atomic mass is 9.96. The minimum absolute atomic E-state index is 0.0779. The second kappa shape index (κ2) is 8.91. The standard InChI is InChI=1S/C30H22O2/c31-29(28-16-8-9-17-30(28)32-21-22-10-2-1-3-11-22)19-18-24-20-23-12-4-5-13-25(23)27-15-7-6-14-26(24)27/h1-20H,21H2/b19-18+. The Morgan fingerprint density at radius 1 is 0.688 bits per heavy atom. The highest BCUT2D eigenvalue weighted by molar-refractivity contribution is 6.13. The lowest BCUT2D eigenvalue weighted by molar-refractivity contribution is 0.104. The molecule has 0 aromatic heterocycles. The van der Waals surface area contributed by atoms with Gasteiger partial charge in [0.05, 0.1) is 5.56 Å². The van der Waals surface area contributed by atoms with Crippen molar-refractivity contribution in [2.24, 2.45) is 0 Å². The van der Waals surface area contributed by atoms with E-state index in [9.17, 15) is 4.79 Å². The molecular weight excluding hydrogens is 392 g/mol. The Balaban J connectivity index is 1.46. The van der Waals surface area contributed by atoms with Crippen molar-refractivity contribution in [2.75, 3.05) is 0 Å². The summed E-state index contributed by atoms with van der Waals surface area (Å²) in [6.45, 7) is 0.421. The van der Waals surface area contributed by atoms with Gasteiger partial charge in [0.2, 0.25) is 0 Å². The van der Waals surface area contributed by atoms with Crippen LogP contribution in [0, 0.1) is 0 Å². The van der Waals surface area contributed by atoms with E-state index in [1.165, 1.54) is 10.8 Å². The average molecular weight is 415 g/mol. The van der Waals surface area contributed by atoms with Gasteiger partial charge in [-0.1, -0.05) is 97.1 Å². The first-order valence-corrected chi connectivity index (χ1v) is 10.7. The van der Waals surface area contributed by atoms with Crippen LogP contribution in [0.25, 0.3) is 27.6 Å². The molecular formula is C30H22O2. The van der Waals surface area contributed by atoms with Gasteiger partial charge in [0.25, 0.3) is 0 Å². The summed E-state index contributed by atoms with van der Waals surface area (Å²) in [6.07, 6.45) is 3.55. The van der Waals surface area contributed by atoms with Crippen LogP contribution >= 0.6 is 0 Å². The van der Waals surface area contributed by atoms with Crippen molar-refractivity contribution in [3.05, 3.63) is 132 Å². The number of fused-ring (bicyclic) bond motifs is 3. The summed E-state index contributed by atoms with van der Waals surface area (Å²) in [6, 6.07) is 36.1. The monoisotopic (exact) mass is 414 g/mol. The van der Waals surface area contributed by atoms with E-state index in [1.54, 1.807) is 6.08 Å². The van der Waals surface area contributed by atoms with E-state index in [4.69, 9.17) is 4.74 Å². The van der Waals surface area contributed by atoms with Crippen LogP contribution in [0.2, 0.25) is 0 Å². The number of benzene rings is 5. The van der Waals surface area contributed by atoms with Gasteiger partial charge in [0.15, 0.2) is 5.78 Å². The predicted molar refractivity (Wildman–Crippen MR) is 132 cm³/mol. The Bertz CT molecular complexity index is 1430. The molecule has 2 nitrogen and oxygen atoms in total. The molecule has 0 saturated carbocycles. The van der Waals surface area contributed by atoms with E-state index in [0.29, 0.717) is 17.9 Å². The Morgan fingerprint density at radius 3 is 2.19 bits per heavy atom. The predicted octanol–water partition coefficient (Wildman–Crippen LogP) is 7.47. The van der Waals surface area contributed by atoms with Crippen LogP contribution in [0.5, 0.6) is 5.75 Å². The van der Waals surface area contributed by atoms with Gasteiger partial charge in [0.1, 0.15) is 12.4 Å². The molecule has 0 aliphatic heterocycles. The molecule has 5 aromatic rings. The normalized spacial score (nSPS) is 11.2. The summed E-state index contributed by atoms with van der Waals surface area (Å²) < 4.78 is 5.97. The maximum absolute atomic E-state index is 13.1. The van der Waals surface area contributed by atoms with Gasteiger partial charge in [-0.05, 0) is 56.9 Å². The van der Waals surface area contributed by atoms with Crippen LogP contribution < -0.4 is 4.74 Å². The maximum Gasteiger partial charge on any atom is 0.189 e. The van der Waals surface area contributed by atoms with Crippen molar-refractivity contribution in [1.82, 2.24) is 0 Å². The molecule has 0 aliphatic rings. The molecule has 0 unspecified atom stereocenters. The highest BCUT2D eigenvalue weighted by Crippen LogP contribution is 2.30. The number of para-hydroxylation sites is 1.